The second-order valence-corrected chi connectivity index (χ2v) is 7.63. The standard InChI is InChI=1S/C18H26FN/c1-18(2,3)15-6-4-5-14-13(15)9-10-16(19)17(14)20-11-12-7-8-12/h9-10,12,15,20H,4-8,11H2,1-3H3/t15-/m0/s1. The van der Waals surface area contributed by atoms with Gasteiger partial charge in [-0.25, -0.2) is 4.39 Å². The Morgan fingerprint density at radius 2 is 1.95 bits per heavy atom. The van der Waals surface area contributed by atoms with Crippen LogP contribution in [0.1, 0.15) is 63.5 Å². The van der Waals surface area contributed by atoms with Crippen molar-refractivity contribution in [2.24, 2.45) is 11.3 Å². The summed E-state index contributed by atoms with van der Waals surface area (Å²) in [6, 6.07) is 3.69. The summed E-state index contributed by atoms with van der Waals surface area (Å²) in [6.07, 6.45) is 6.02. The average molecular weight is 275 g/mol. The van der Waals surface area contributed by atoms with E-state index in [2.05, 4.69) is 26.1 Å². The third kappa shape index (κ3) is 2.70. The molecule has 20 heavy (non-hydrogen) atoms. The fourth-order valence-corrected chi connectivity index (χ4v) is 3.53. The van der Waals surface area contributed by atoms with Gasteiger partial charge in [0.2, 0.25) is 0 Å². The number of halogens is 1. The van der Waals surface area contributed by atoms with E-state index in [-0.39, 0.29) is 11.2 Å². The van der Waals surface area contributed by atoms with Crippen LogP contribution in [0.2, 0.25) is 0 Å². The summed E-state index contributed by atoms with van der Waals surface area (Å²) in [4.78, 5) is 0. The third-order valence-corrected chi connectivity index (χ3v) is 4.90. The molecule has 2 heteroatoms. The fraction of sp³-hybridized carbons (Fsp3) is 0.667. The van der Waals surface area contributed by atoms with Crippen LogP contribution in [0.25, 0.3) is 0 Å². The molecular weight excluding hydrogens is 249 g/mol. The summed E-state index contributed by atoms with van der Waals surface area (Å²) in [5.74, 6) is 1.25. The first-order valence-electron chi connectivity index (χ1n) is 8.02. The summed E-state index contributed by atoms with van der Waals surface area (Å²) in [7, 11) is 0. The topological polar surface area (TPSA) is 12.0 Å². The maximum absolute atomic E-state index is 14.2. The van der Waals surface area contributed by atoms with Gasteiger partial charge in [-0.3, -0.25) is 0 Å². The summed E-state index contributed by atoms with van der Waals surface area (Å²) >= 11 is 0. The molecule has 1 aromatic carbocycles. The Morgan fingerprint density at radius 1 is 1.20 bits per heavy atom. The molecule has 0 aromatic heterocycles. The molecule has 0 saturated heterocycles. The van der Waals surface area contributed by atoms with Gasteiger partial charge in [-0.1, -0.05) is 26.8 Å². The minimum atomic E-state index is -0.0704. The number of hydrogen-bond donors (Lipinski definition) is 1. The molecule has 0 amide bonds. The zero-order valence-electron chi connectivity index (χ0n) is 12.9. The van der Waals surface area contributed by atoms with E-state index in [1.54, 1.807) is 6.07 Å². The van der Waals surface area contributed by atoms with Gasteiger partial charge in [0.05, 0.1) is 5.69 Å². The Bertz CT molecular complexity index is 497. The molecule has 1 atom stereocenters. The first-order chi connectivity index (χ1) is 9.47. The van der Waals surface area contributed by atoms with Crippen LogP contribution in [0, 0.1) is 17.2 Å². The van der Waals surface area contributed by atoms with Crippen LogP contribution in [-0.4, -0.2) is 6.54 Å². The van der Waals surface area contributed by atoms with E-state index >= 15 is 0 Å². The maximum atomic E-state index is 14.2. The van der Waals surface area contributed by atoms with Crippen LogP contribution in [-0.2, 0) is 6.42 Å². The number of anilines is 1. The van der Waals surface area contributed by atoms with Crippen molar-refractivity contribution >= 4 is 5.69 Å². The van der Waals surface area contributed by atoms with Crippen molar-refractivity contribution < 1.29 is 4.39 Å². The molecule has 0 heterocycles. The van der Waals surface area contributed by atoms with E-state index in [9.17, 15) is 4.39 Å². The van der Waals surface area contributed by atoms with E-state index in [4.69, 9.17) is 0 Å². The quantitative estimate of drug-likeness (QED) is 0.808. The van der Waals surface area contributed by atoms with Crippen LogP contribution in [0.3, 0.4) is 0 Å². The van der Waals surface area contributed by atoms with Crippen LogP contribution >= 0.6 is 0 Å². The zero-order valence-corrected chi connectivity index (χ0v) is 12.9. The predicted molar refractivity (Wildman–Crippen MR) is 82.7 cm³/mol. The van der Waals surface area contributed by atoms with Crippen molar-refractivity contribution in [1.29, 1.82) is 0 Å². The van der Waals surface area contributed by atoms with E-state index in [0.29, 0.717) is 5.92 Å². The van der Waals surface area contributed by atoms with Gasteiger partial charge >= 0.3 is 0 Å². The molecule has 2 aliphatic rings. The lowest BCUT2D eigenvalue weighted by Crippen LogP contribution is -2.24. The second-order valence-electron chi connectivity index (χ2n) is 7.63. The lowest BCUT2D eigenvalue weighted by atomic mass is 9.69. The molecule has 2 aliphatic carbocycles. The summed E-state index contributed by atoms with van der Waals surface area (Å²) in [6.45, 7) is 7.84. The highest BCUT2D eigenvalue weighted by Gasteiger charge is 2.32. The van der Waals surface area contributed by atoms with Gasteiger partial charge in [0.1, 0.15) is 5.82 Å². The second kappa shape index (κ2) is 5.05. The van der Waals surface area contributed by atoms with E-state index in [1.807, 2.05) is 6.07 Å². The molecular formula is C18H26FN. The van der Waals surface area contributed by atoms with E-state index in [0.717, 1.165) is 24.6 Å². The lowest BCUT2D eigenvalue weighted by molar-refractivity contribution is 0.289. The lowest BCUT2D eigenvalue weighted by Gasteiger charge is -2.36. The molecule has 1 aromatic rings. The molecule has 0 bridgehead atoms. The van der Waals surface area contributed by atoms with E-state index < -0.39 is 0 Å². The number of fused-ring (bicyclic) bond motifs is 1. The van der Waals surface area contributed by atoms with Crippen molar-refractivity contribution in [1.82, 2.24) is 0 Å². The third-order valence-electron chi connectivity index (χ3n) is 4.90. The van der Waals surface area contributed by atoms with Crippen molar-refractivity contribution in [2.45, 2.75) is 58.8 Å². The SMILES string of the molecule is CC(C)(C)[C@H]1CCCc2c1ccc(F)c2NCC1CC1. The van der Waals surface area contributed by atoms with Gasteiger partial charge in [0, 0.05) is 6.54 Å². The molecule has 1 fully saturated rings. The van der Waals surface area contributed by atoms with Crippen LogP contribution in [0.4, 0.5) is 10.1 Å². The Balaban J connectivity index is 1.94. The minimum absolute atomic E-state index is 0.0704. The molecule has 3 rings (SSSR count). The van der Waals surface area contributed by atoms with Gasteiger partial charge in [-0.15, -0.1) is 0 Å². The van der Waals surface area contributed by atoms with Crippen molar-refractivity contribution in [3.8, 4) is 0 Å². The fourth-order valence-electron chi connectivity index (χ4n) is 3.53. The van der Waals surface area contributed by atoms with Crippen LogP contribution < -0.4 is 5.32 Å². The smallest absolute Gasteiger partial charge is 0.146 e. The van der Waals surface area contributed by atoms with Gasteiger partial charge in [-0.05, 0) is 66.5 Å². The summed E-state index contributed by atoms with van der Waals surface area (Å²) in [5.41, 5.74) is 3.67. The molecule has 0 aliphatic heterocycles. The molecule has 1 nitrogen and oxygen atoms in total. The van der Waals surface area contributed by atoms with Gasteiger partial charge < -0.3 is 5.32 Å². The Labute approximate surface area is 122 Å². The highest BCUT2D eigenvalue weighted by atomic mass is 19.1. The first kappa shape index (κ1) is 13.9. The number of nitrogens with one attached hydrogen (secondary N) is 1. The number of hydrogen-bond acceptors (Lipinski definition) is 1. The van der Waals surface area contributed by atoms with Crippen molar-refractivity contribution in [3.63, 3.8) is 0 Å². The average Bonchev–Trinajstić information content (AvgIpc) is 3.19. The summed E-state index contributed by atoms with van der Waals surface area (Å²) in [5, 5.41) is 3.40. The molecule has 0 radical (unpaired) electrons. The van der Waals surface area contributed by atoms with E-state index in [1.165, 1.54) is 36.8 Å². The largest absolute Gasteiger partial charge is 0.382 e. The monoisotopic (exact) mass is 275 g/mol. The highest BCUT2D eigenvalue weighted by molar-refractivity contribution is 5.58. The molecule has 1 N–H and O–H groups in total. The first-order valence-corrected chi connectivity index (χ1v) is 8.02. The maximum Gasteiger partial charge on any atom is 0.146 e. The Hall–Kier alpha value is -1.05. The Morgan fingerprint density at radius 3 is 2.60 bits per heavy atom. The van der Waals surface area contributed by atoms with Crippen LogP contribution in [0.5, 0.6) is 0 Å². The normalized spacial score (nSPS) is 22.5. The number of rotatable bonds is 3. The minimum Gasteiger partial charge on any atom is -0.382 e. The highest BCUT2D eigenvalue weighted by Crippen LogP contribution is 2.46. The molecule has 0 unspecified atom stereocenters. The molecule has 1 saturated carbocycles. The molecule has 110 valence electrons. The van der Waals surface area contributed by atoms with Gasteiger partial charge in [0.15, 0.2) is 0 Å². The van der Waals surface area contributed by atoms with Crippen molar-refractivity contribution in [2.75, 3.05) is 11.9 Å². The Kier molecular flexibility index (Phi) is 3.51. The predicted octanol–water partition coefficient (Wildman–Crippen LogP) is 5.11. The van der Waals surface area contributed by atoms with Gasteiger partial charge in [-0.2, -0.15) is 0 Å². The zero-order chi connectivity index (χ0) is 14.3. The van der Waals surface area contributed by atoms with Gasteiger partial charge in [0.25, 0.3) is 0 Å². The van der Waals surface area contributed by atoms with Crippen LogP contribution in [0.15, 0.2) is 12.1 Å². The van der Waals surface area contributed by atoms with Crippen molar-refractivity contribution in [3.05, 3.63) is 29.1 Å². The molecule has 0 spiro atoms. The summed E-state index contributed by atoms with van der Waals surface area (Å²) < 4.78 is 14.2. The number of benzene rings is 1.